The van der Waals surface area contributed by atoms with Gasteiger partial charge >= 0.3 is 0 Å². The molecule has 1 aromatic heterocycles. The molecule has 0 bridgehead atoms. The first kappa shape index (κ1) is 19.8. The average Bonchev–Trinajstić information content (AvgIpc) is 2.61. The van der Waals surface area contributed by atoms with Gasteiger partial charge in [-0.3, -0.25) is 9.78 Å². The predicted molar refractivity (Wildman–Crippen MR) is 97.3 cm³/mol. The number of rotatable bonds is 8. The van der Waals surface area contributed by atoms with Crippen LogP contribution in [0, 0.1) is 5.92 Å². The molecule has 1 amide bonds. The maximum absolute atomic E-state index is 12.3. The zero-order valence-electron chi connectivity index (χ0n) is 15.0. The fourth-order valence-electron chi connectivity index (χ4n) is 2.90. The second-order valence-electron chi connectivity index (χ2n) is 6.61. The van der Waals surface area contributed by atoms with Crippen molar-refractivity contribution in [1.82, 2.24) is 19.5 Å². The van der Waals surface area contributed by atoms with Gasteiger partial charge in [-0.05, 0) is 51.0 Å². The highest BCUT2D eigenvalue weighted by molar-refractivity contribution is 7.89. The van der Waals surface area contributed by atoms with Crippen LogP contribution in [0.25, 0.3) is 0 Å². The molecule has 2 rings (SSSR count). The van der Waals surface area contributed by atoms with Crippen LogP contribution in [0.15, 0.2) is 24.4 Å². The SMILES string of the molecule is CN(C)S(=O)(=O)CCCN1CCC(C(=O)NCc2ccccn2)CC1. The molecule has 1 N–H and O–H groups in total. The zero-order valence-corrected chi connectivity index (χ0v) is 15.8. The summed E-state index contributed by atoms with van der Waals surface area (Å²) in [6.45, 7) is 2.89. The summed E-state index contributed by atoms with van der Waals surface area (Å²) in [5, 5.41) is 2.95. The van der Waals surface area contributed by atoms with E-state index in [1.54, 1.807) is 20.3 Å². The monoisotopic (exact) mass is 368 g/mol. The lowest BCUT2D eigenvalue weighted by atomic mass is 9.96. The summed E-state index contributed by atoms with van der Waals surface area (Å²) >= 11 is 0. The highest BCUT2D eigenvalue weighted by Gasteiger charge is 2.25. The lowest BCUT2D eigenvalue weighted by Gasteiger charge is -2.31. The first-order valence-corrected chi connectivity index (χ1v) is 10.3. The van der Waals surface area contributed by atoms with E-state index >= 15 is 0 Å². The average molecular weight is 369 g/mol. The third-order valence-corrected chi connectivity index (χ3v) is 6.48. The van der Waals surface area contributed by atoms with Gasteiger partial charge in [0.25, 0.3) is 0 Å². The Balaban J connectivity index is 1.66. The van der Waals surface area contributed by atoms with Crippen LogP contribution in [0.3, 0.4) is 0 Å². The van der Waals surface area contributed by atoms with E-state index in [-0.39, 0.29) is 17.6 Å². The van der Waals surface area contributed by atoms with Crippen molar-refractivity contribution in [2.75, 3.05) is 39.5 Å². The van der Waals surface area contributed by atoms with E-state index < -0.39 is 10.0 Å². The molecule has 2 heterocycles. The molecule has 140 valence electrons. The molecule has 0 atom stereocenters. The minimum atomic E-state index is -3.12. The number of nitrogens with one attached hydrogen (secondary N) is 1. The van der Waals surface area contributed by atoms with Gasteiger partial charge in [-0.15, -0.1) is 0 Å². The Morgan fingerprint density at radius 3 is 2.64 bits per heavy atom. The van der Waals surface area contributed by atoms with Gasteiger partial charge in [0, 0.05) is 26.2 Å². The summed E-state index contributed by atoms with van der Waals surface area (Å²) in [6.07, 6.45) is 3.97. The second kappa shape index (κ2) is 9.26. The Morgan fingerprint density at radius 2 is 2.04 bits per heavy atom. The molecule has 0 saturated carbocycles. The maximum atomic E-state index is 12.3. The molecule has 1 fully saturated rings. The van der Waals surface area contributed by atoms with Crippen molar-refractivity contribution in [3.05, 3.63) is 30.1 Å². The second-order valence-corrected chi connectivity index (χ2v) is 8.91. The van der Waals surface area contributed by atoms with Gasteiger partial charge < -0.3 is 10.2 Å². The topological polar surface area (TPSA) is 82.6 Å². The van der Waals surface area contributed by atoms with Crippen LogP contribution in [-0.2, 0) is 21.4 Å². The van der Waals surface area contributed by atoms with E-state index in [9.17, 15) is 13.2 Å². The number of piperidine rings is 1. The third-order valence-electron chi connectivity index (χ3n) is 4.56. The summed E-state index contributed by atoms with van der Waals surface area (Å²) in [4.78, 5) is 18.7. The number of carbonyl (C=O) groups is 1. The van der Waals surface area contributed by atoms with Crippen molar-refractivity contribution in [3.63, 3.8) is 0 Å². The Morgan fingerprint density at radius 1 is 1.32 bits per heavy atom. The van der Waals surface area contributed by atoms with Gasteiger partial charge in [0.05, 0.1) is 18.0 Å². The van der Waals surface area contributed by atoms with Crippen LogP contribution in [0.5, 0.6) is 0 Å². The Bertz CT molecular complexity index is 641. The molecule has 25 heavy (non-hydrogen) atoms. The predicted octanol–water partition coefficient (Wildman–Crippen LogP) is 0.691. The summed E-state index contributed by atoms with van der Waals surface area (Å²) < 4.78 is 24.8. The molecule has 7 nitrogen and oxygen atoms in total. The quantitative estimate of drug-likeness (QED) is 0.730. The van der Waals surface area contributed by atoms with Crippen molar-refractivity contribution in [1.29, 1.82) is 0 Å². The molecule has 0 unspecified atom stereocenters. The molecule has 1 saturated heterocycles. The van der Waals surface area contributed by atoms with E-state index in [4.69, 9.17) is 0 Å². The van der Waals surface area contributed by atoms with Gasteiger partial charge in [-0.1, -0.05) is 6.07 Å². The van der Waals surface area contributed by atoms with E-state index in [1.807, 2.05) is 18.2 Å². The van der Waals surface area contributed by atoms with Crippen LogP contribution in [0.2, 0.25) is 0 Å². The number of pyridine rings is 1. The number of carbonyl (C=O) groups excluding carboxylic acids is 1. The van der Waals surface area contributed by atoms with E-state index in [2.05, 4.69) is 15.2 Å². The smallest absolute Gasteiger partial charge is 0.223 e. The largest absolute Gasteiger partial charge is 0.350 e. The van der Waals surface area contributed by atoms with Crippen molar-refractivity contribution in [3.8, 4) is 0 Å². The first-order chi connectivity index (χ1) is 11.9. The van der Waals surface area contributed by atoms with Gasteiger partial charge in [-0.2, -0.15) is 0 Å². The van der Waals surface area contributed by atoms with Crippen LogP contribution < -0.4 is 5.32 Å². The normalized spacial score (nSPS) is 16.9. The van der Waals surface area contributed by atoms with Crippen molar-refractivity contribution >= 4 is 15.9 Å². The molecular formula is C17H28N4O3S. The number of nitrogens with zero attached hydrogens (tertiary/aromatic N) is 3. The number of hydrogen-bond donors (Lipinski definition) is 1. The van der Waals surface area contributed by atoms with Gasteiger partial charge in [-0.25, -0.2) is 12.7 Å². The van der Waals surface area contributed by atoms with Gasteiger partial charge in [0.15, 0.2) is 0 Å². The van der Waals surface area contributed by atoms with Gasteiger partial charge in [0.2, 0.25) is 15.9 Å². The number of hydrogen-bond acceptors (Lipinski definition) is 5. The van der Waals surface area contributed by atoms with E-state index in [0.29, 0.717) is 13.0 Å². The van der Waals surface area contributed by atoms with Crippen LogP contribution in [0.4, 0.5) is 0 Å². The molecule has 0 aliphatic carbocycles. The molecule has 1 aliphatic heterocycles. The van der Waals surface area contributed by atoms with Crippen LogP contribution in [0.1, 0.15) is 25.0 Å². The van der Waals surface area contributed by atoms with Crippen LogP contribution >= 0.6 is 0 Å². The highest BCUT2D eigenvalue weighted by Crippen LogP contribution is 2.17. The Labute approximate surface area is 150 Å². The molecule has 1 aromatic rings. The molecule has 0 spiro atoms. The fraction of sp³-hybridized carbons (Fsp3) is 0.647. The maximum Gasteiger partial charge on any atom is 0.223 e. The third kappa shape index (κ3) is 6.37. The summed E-state index contributed by atoms with van der Waals surface area (Å²) in [7, 11) is -0.000460. The lowest BCUT2D eigenvalue weighted by Crippen LogP contribution is -2.41. The molecule has 1 aliphatic rings. The van der Waals surface area contributed by atoms with Crippen molar-refractivity contribution in [2.45, 2.75) is 25.8 Å². The standard InChI is InChI=1S/C17H28N4O3S/c1-20(2)25(23,24)13-5-10-21-11-7-15(8-12-21)17(22)19-14-16-6-3-4-9-18-16/h3-4,6,9,15H,5,7-8,10-14H2,1-2H3,(H,19,22). The summed E-state index contributed by atoms with van der Waals surface area (Å²) in [5.74, 6) is 0.288. The number of aromatic nitrogens is 1. The van der Waals surface area contributed by atoms with E-state index in [0.717, 1.165) is 38.2 Å². The summed E-state index contributed by atoms with van der Waals surface area (Å²) in [5.41, 5.74) is 0.857. The molecule has 0 radical (unpaired) electrons. The lowest BCUT2D eigenvalue weighted by molar-refractivity contribution is -0.126. The minimum Gasteiger partial charge on any atom is -0.350 e. The molecule has 0 aromatic carbocycles. The highest BCUT2D eigenvalue weighted by atomic mass is 32.2. The minimum absolute atomic E-state index is 0.0328. The number of likely N-dealkylation sites (tertiary alicyclic amines) is 1. The number of sulfonamides is 1. The molecular weight excluding hydrogens is 340 g/mol. The van der Waals surface area contributed by atoms with Crippen LogP contribution in [-0.4, -0.2) is 68.0 Å². The van der Waals surface area contributed by atoms with Crippen molar-refractivity contribution in [2.24, 2.45) is 5.92 Å². The van der Waals surface area contributed by atoms with Crippen molar-refractivity contribution < 1.29 is 13.2 Å². The Kier molecular flexibility index (Phi) is 7.34. The Hall–Kier alpha value is -1.51. The molecule has 8 heteroatoms. The fourth-order valence-corrected chi connectivity index (χ4v) is 3.76. The van der Waals surface area contributed by atoms with Gasteiger partial charge in [0.1, 0.15) is 0 Å². The van der Waals surface area contributed by atoms with E-state index in [1.165, 1.54) is 4.31 Å². The first-order valence-electron chi connectivity index (χ1n) is 8.68. The zero-order chi connectivity index (χ0) is 18.3. The summed E-state index contributed by atoms with van der Waals surface area (Å²) in [6, 6.07) is 5.65. The number of amides is 1.